The first kappa shape index (κ1) is 14.4. The monoisotopic (exact) mass is 238 g/mol. The summed E-state index contributed by atoms with van der Waals surface area (Å²) in [5, 5.41) is 0. The highest BCUT2D eigenvalue weighted by molar-refractivity contribution is 5.78. The summed E-state index contributed by atoms with van der Waals surface area (Å²) in [7, 11) is 0. The predicted octanol–water partition coefficient (Wildman–Crippen LogP) is 4.04. The SMILES string of the molecule is O=C1CCCC=CCCCCOCCCCC1. The zero-order chi connectivity index (χ0) is 12.2. The summed E-state index contributed by atoms with van der Waals surface area (Å²) >= 11 is 0. The fourth-order valence-electron chi connectivity index (χ4n) is 2.05. The van der Waals surface area contributed by atoms with Crippen LogP contribution in [0.15, 0.2) is 12.2 Å². The standard InChI is InChI=1S/C15H26O2/c16-15-11-7-4-2-1-3-5-9-13-17-14-10-6-8-12-15/h1-2H,3-14H2. The highest BCUT2D eigenvalue weighted by Gasteiger charge is 2.01. The number of hydrogen-bond acceptors (Lipinski definition) is 2. The normalized spacial score (nSPS) is 22.5. The van der Waals surface area contributed by atoms with Crippen LogP contribution >= 0.6 is 0 Å². The molecule has 1 aliphatic rings. The lowest BCUT2D eigenvalue weighted by atomic mass is 10.1. The van der Waals surface area contributed by atoms with Crippen LogP contribution in [0.1, 0.15) is 64.2 Å². The first-order valence-electron chi connectivity index (χ1n) is 7.14. The van der Waals surface area contributed by atoms with Crippen molar-refractivity contribution < 1.29 is 9.53 Å². The molecule has 17 heavy (non-hydrogen) atoms. The van der Waals surface area contributed by atoms with E-state index in [1.54, 1.807) is 0 Å². The highest BCUT2D eigenvalue weighted by Crippen LogP contribution is 2.08. The van der Waals surface area contributed by atoms with Crippen molar-refractivity contribution in [1.82, 2.24) is 0 Å². The Hall–Kier alpha value is -0.630. The van der Waals surface area contributed by atoms with Crippen molar-refractivity contribution >= 4 is 5.78 Å². The van der Waals surface area contributed by atoms with Crippen LogP contribution in [0.25, 0.3) is 0 Å². The molecule has 0 saturated carbocycles. The lowest BCUT2D eigenvalue weighted by molar-refractivity contribution is -0.119. The van der Waals surface area contributed by atoms with Gasteiger partial charge in [-0.2, -0.15) is 0 Å². The third kappa shape index (κ3) is 9.11. The maximum absolute atomic E-state index is 11.5. The summed E-state index contributed by atoms with van der Waals surface area (Å²) < 4.78 is 5.55. The largest absolute Gasteiger partial charge is 0.381 e. The molecule has 0 aromatic heterocycles. The van der Waals surface area contributed by atoms with Crippen LogP contribution in [0.3, 0.4) is 0 Å². The van der Waals surface area contributed by atoms with Gasteiger partial charge in [-0.1, -0.05) is 18.6 Å². The van der Waals surface area contributed by atoms with E-state index in [1.807, 2.05) is 0 Å². The zero-order valence-electron chi connectivity index (χ0n) is 11.0. The van der Waals surface area contributed by atoms with Crippen LogP contribution in [0.4, 0.5) is 0 Å². The molecule has 2 heteroatoms. The number of ketones is 1. The van der Waals surface area contributed by atoms with Gasteiger partial charge >= 0.3 is 0 Å². The predicted molar refractivity (Wildman–Crippen MR) is 71.1 cm³/mol. The third-order valence-electron chi connectivity index (χ3n) is 3.15. The molecular weight excluding hydrogens is 212 g/mol. The minimum Gasteiger partial charge on any atom is -0.381 e. The van der Waals surface area contributed by atoms with Crippen LogP contribution in [0.5, 0.6) is 0 Å². The van der Waals surface area contributed by atoms with Crippen molar-refractivity contribution in [3.8, 4) is 0 Å². The molecule has 1 aliphatic heterocycles. The van der Waals surface area contributed by atoms with E-state index in [4.69, 9.17) is 4.74 Å². The van der Waals surface area contributed by atoms with Crippen LogP contribution in [0.2, 0.25) is 0 Å². The number of carbonyl (C=O) groups is 1. The number of rotatable bonds is 0. The Kier molecular flexibility index (Phi) is 8.93. The molecule has 0 aromatic rings. The van der Waals surface area contributed by atoms with Crippen molar-refractivity contribution in [3.63, 3.8) is 0 Å². The van der Waals surface area contributed by atoms with E-state index in [9.17, 15) is 4.79 Å². The van der Waals surface area contributed by atoms with E-state index in [1.165, 1.54) is 12.8 Å². The van der Waals surface area contributed by atoms with Gasteiger partial charge in [-0.15, -0.1) is 0 Å². The summed E-state index contributed by atoms with van der Waals surface area (Å²) in [6, 6.07) is 0. The molecule has 1 rings (SSSR count). The number of carbonyl (C=O) groups excluding carboxylic acids is 1. The second-order valence-corrected chi connectivity index (χ2v) is 4.82. The van der Waals surface area contributed by atoms with Gasteiger partial charge in [0.1, 0.15) is 5.78 Å². The molecule has 0 radical (unpaired) electrons. The fraction of sp³-hybridized carbons (Fsp3) is 0.800. The van der Waals surface area contributed by atoms with Gasteiger partial charge < -0.3 is 4.74 Å². The van der Waals surface area contributed by atoms with Crippen LogP contribution in [-0.4, -0.2) is 19.0 Å². The average molecular weight is 238 g/mol. The van der Waals surface area contributed by atoms with Crippen molar-refractivity contribution in [2.45, 2.75) is 64.2 Å². The molecule has 0 atom stereocenters. The van der Waals surface area contributed by atoms with Gasteiger partial charge in [0.25, 0.3) is 0 Å². The summed E-state index contributed by atoms with van der Waals surface area (Å²) in [5.41, 5.74) is 0. The van der Waals surface area contributed by atoms with Crippen LogP contribution in [-0.2, 0) is 9.53 Å². The minimum atomic E-state index is 0.436. The van der Waals surface area contributed by atoms with Crippen molar-refractivity contribution in [2.24, 2.45) is 0 Å². The molecule has 0 aromatic carbocycles. The molecule has 0 N–H and O–H groups in total. The summed E-state index contributed by atoms with van der Waals surface area (Å²) in [5.74, 6) is 0.436. The number of Topliss-reactive ketones (excluding diaryl/α,β-unsaturated/α-hetero) is 1. The zero-order valence-corrected chi connectivity index (χ0v) is 11.0. The van der Waals surface area contributed by atoms with Crippen molar-refractivity contribution in [3.05, 3.63) is 12.2 Å². The second-order valence-electron chi connectivity index (χ2n) is 4.82. The maximum Gasteiger partial charge on any atom is 0.132 e. The molecular formula is C15H26O2. The molecule has 0 fully saturated rings. The van der Waals surface area contributed by atoms with Crippen molar-refractivity contribution in [1.29, 1.82) is 0 Å². The molecule has 0 aliphatic carbocycles. The van der Waals surface area contributed by atoms with Gasteiger partial charge in [0.05, 0.1) is 0 Å². The Bertz CT molecular complexity index is 221. The molecule has 0 spiro atoms. The van der Waals surface area contributed by atoms with E-state index < -0.39 is 0 Å². The first-order valence-corrected chi connectivity index (χ1v) is 7.14. The second kappa shape index (κ2) is 10.5. The number of allylic oxidation sites excluding steroid dienone is 2. The van der Waals surface area contributed by atoms with Gasteiger partial charge in [0, 0.05) is 26.1 Å². The van der Waals surface area contributed by atoms with Gasteiger partial charge in [-0.25, -0.2) is 0 Å². The summed E-state index contributed by atoms with van der Waals surface area (Å²) in [6.45, 7) is 1.76. The Balaban J connectivity index is 2.19. The summed E-state index contributed by atoms with van der Waals surface area (Å²) in [6.07, 6.45) is 14.9. The van der Waals surface area contributed by atoms with Crippen molar-refractivity contribution in [2.75, 3.05) is 13.2 Å². The van der Waals surface area contributed by atoms with E-state index >= 15 is 0 Å². The Labute approximate surface area is 105 Å². The Morgan fingerprint density at radius 3 is 2.24 bits per heavy atom. The Morgan fingerprint density at radius 2 is 1.41 bits per heavy atom. The fourth-order valence-corrected chi connectivity index (χ4v) is 2.05. The maximum atomic E-state index is 11.5. The van der Waals surface area contributed by atoms with Gasteiger partial charge in [0.15, 0.2) is 0 Å². The van der Waals surface area contributed by atoms with E-state index in [2.05, 4.69) is 12.2 Å². The minimum absolute atomic E-state index is 0.436. The van der Waals surface area contributed by atoms with E-state index in [-0.39, 0.29) is 0 Å². The lowest BCUT2D eigenvalue weighted by Crippen LogP contribution is -2.00. The van der Waals surface area contributed by atoms with Crippen LogP contribution < -0.4 is 0 Å². The van der Waals surface area contributed by atoms with E-state index in [0.717, 1.165) is 64.6 Å². The number of hydrogen-bond donors (Lipinski definition) is 0. The molecule has 0 saturated heterocycles. The average Bonchev–Trinajstić information content (AvgIpc) is 2.32. The first-order chi connectivity index (χ1) is 8.39. The smallest absolute Gasteiger partial charge is 0.132 e. The molecule has 1 heterocycles. The van der Waals surface area contributed by atoms with E-state index in [0.29, 0.717) is 5.78 Å². The third-order valence-corrected chi connectivity index (χ3v) is 3.15. The molecule has 98 valence electrons. The van der Waals surface area contributed by atoms with Gasteiger partial charge in [-0.3, -0.25) is 4.79 Å². The van der Waals surface area contributed by atoms with Gasteiger partial charge in [0.2, 0.25) is 0 Å². The molecule has 2 nitrogen and oxygen atoms in total. The van der Waals surface area contributed by atoms with Crippen LogP contribution in [0, 0.1) is 0 Å². The highest BCUT2D eigenvalue weighted by atomic mass is 16.5. The lowest BCUT2D eigenvalue weighted by Gasteiger charge is -2.04. The molecule has 0 unspecified atom stereocenters. The number of ether oxygens (including phenoxy) is 1. The molecule has 0 bridgehead atoms. The topological polar surface area (TPSA) is 26.3 Å². The van der Waals surface area contributed by atoms with Gasteiger partial charge in [-0.05, 0) is 44.9 Å². The Morgan fingerprint density at radius 1 is 0.765 bits per heavy atom. The summed E-state index contributed by atoms with van der Waals surface area (Å²) in [4.78, 5) is 11.5. The quantitative estimate of drug-likeness (QED) is 0.595. The molecule has 0 amide bonds.